The van der Waals surface area contributed by atoms with E-state index in [1.807, 2.05) is 66.7 Å². The first-order valence-electron chi connectivity index (χ1n) is 9.22. The molecule has 4 aromatic carbocycles. The fraction of sp³-hybridized carbons (Fsp3) is 0.125. The normalized spacial score (nSPS) is 10.8. The van der Waals surface area contributed by atoms with Gasteiger partial charge in [0.25, 0.3) is 5.91 Å². The molecule has 0 saturated carbocycles. The highest BCUT2D eigenvalue weighted by molar-refractivity contribution is 6.01. The molecular formula is C24H21NO3. The van der Waals surface area contributed by atoms with Crippen LogP contribution in [0.15, 0.2) is 78.9 Å². The second kappa shape index (κ2) is 8.01. The number of rotatable bonds is 6. The second-order valence-electron chi connectivity index (χ2n) is 6.48. The smallest absolute Gasteiger partial charge is 0.255 e. The number of methoxy groups -OCH3 is 1. The van der Waals surface area contributed by atoms with Crippen LogP contribution >= 0.6 is 0 Å². The lowest BCUT2D eigenvalue weighted by atomic mass is 10.1. The molecule has 28 heavy (non-hydrogen) atoms. The number of amides is 1. The van der Waals surface area contributed by atoms with Gasteiger partial charge in [-0.05, 0) is 34.4 Å². The zero-order valence-corrected chi connectivity index (χ0v) is 15.6. The van der Waals surface area contributed by atoms with Crippen molar-refractivity contribution in [3.05, 3.63) is 84.4 Å². The highest BCUT2D eigenvalue weighted by Gasteiger charge is 2.13. The number of hydrogen-bond donors (Lipinski definition) is 1. The zero-order chi connectivity index (χ0) is 19.3. The summed E-state index contributed by atoms with van der Waals surface area (Å²) in [6, 6.07) is 25.7. The Kier molecular flexibility index (Phi) is 5.11. The molecule has 0 fully saturated rings. The van der Waals surface area contributed by atoms with Crippen molar-refractivity contribution in [2.45, 2.75) is 0 Å². The molecular weight excluding hydrogens is 350 g/mol. The van der Waals surface area contributed by atoms with Crippen LogP contribution in [0.5, 0.6) is 11.5 Å². The Morgan fingerprint density at radius 2 is 1.50 bits per heavy atom. The van der Waals surface area contributed by atoms with Gasteiger partial charge in [-0.15, -0.1) is 0 Å². The van der Waals surface area contributed by atoms with Gasteiger partial charge < -0.3 is 14.8 Å². The van der Waals surface area contributed by atoms with Crippen LogP contribution in [0, 0.1) is 0 Å². The first-order chi connectivity index (χ1) is 13.8. The third kappa shape index (κ3) is 3.62. The molecule has 0 aliphatic heterocycles. The van der Waals surface area contributed by atoms with E-state index in [4.69, 9.17) is 9.47 Å². The van der Waals surface area contributed by atoms with Crippen molar-refractivity contribution < 1.29 is 14.3 Å². The van der Waals surface area contributed by atoms with Gasteiger partial charge in [0.1, 0.15) is 18.1 Å². The molecule has 0 heterocycles. The molecule has 4 aromatic rings. The Morgan fingerprint density at radius 3 is 2.29 bits per heavy atom. The molecule has 0 atom stereocenters. The van der Waals surface area contributed by atoms with Crippen LogP contribution in [0.4, 0.5) is 0 Å². The number of carbonyl (C=O) groups excluding carboxylic acids is 1. The van der Waals surface area contributed by atoms with Crippen molar-refractivity contribution in [2.75, 3.05) is 20.3 Å². The van der Waals surface area contributed by atoms with E-state index in [0.29, 0.717) is 24.5 Å². The summed E-state index contributed by atoms with van der Waals surface area (Å²) < 4.78 is 11.3. The van der Waals surface area contributed by atoms with Gasteiger partial charge >= 0.3 is 0 Å². The zero-order valence-electron chi connectivity index (χ0n) is 15.6. The standard InChI is InChI=1S/C24H21NO3/c1-27-23-16-19-9-3-2-8-18(19)15-21(23)24(26)25-13-14-28-22-12-6-10-17-7-4-5-11-20(17)22/h2-12,15-16H,13-14H2,1H3,(H,25,26). The molecule has 0 saturated heterocycles. The maximum Gasteiger partial charge on any atom is 0.255 e. The molecule has 0 bridgehead atoms. The van der Waals surface area contributed by atoms with Crippen molar-refractivity contribution in [1.29, 1.82) is 0 Å². The lowest BCUT2D eigenvalue weighted by molar-refractivity contribution is 0.0944. The summed E-state index contributed by atoms with van der Waals surface area (Å²) in [5.74, 6) is 1.20. The van der Waals surface area contributed by atoms with Gasteiger partial charge in [0.2, 0.25) is 0 Å². The summed E-state index contributed by atoms with van der Waals surface area (Å²) in [7, 11) is 1.57. The van der Waals surface area contributed by atoms with E-state index in [1.54, 1.807) is 7.11 Å². The second-order valence-corrected chi connectivity index (χ2v) is 6.48. The summed E-state index contributed by atoms with van der Waals surface area (Å²) in [4.78, 5) is 12.6. The monoisotopic (exact) mass is 371 g/mol. The minimum atomic E-state index is -0.177. The van der Waals surface area contributed by atoms with Crippen molar-refractivity contribution in [3.8, 4) is 11.5 Å². The summed E-state index contributed by atoms with van der Waals surface area (Å²) in [6.07, 6.45) is 0. The van der Waals surface area contributed by atoms with Gasteiger partial charge in [0, 0.05) is 5.39 Å². The fourth-order valence-electron chi connectivity index (χ4n) is 3.31. The third-order valence-electron chi connectivity index (χ3n) is 4.71. The molecule has 0 radical (unpaired) electrons. The highest BCUT2D eigenvalue weighted by Crippen LogP contribution is 2.26. The van der Waals surface area contributed by atoms with E-state index >= 15 is 0 Å². The molecule has 4 rings (SSSR count). The SMILES string of the molecule is COc1cc2ccccc2cc1C(=O)NCCOc1cccc2ccccc12. The van der Waals surface area contributed by atoms with Crippen LogP contribution in [0.25, 0.3) is 21.5 Å². The van der Waals surface area contributed by atoms with E-state index < -0.39 is 0 Å². The number of benzene rings is 4. The fourth-order valence-corrected chi connectivity index (χ4v) is 3.31. The number of hydrogen-bond acceptors (Lipinski definition) is 3. The Bertz CT molecular complexity index is 1130. The van der Waals surface area contributed by atoms with Gasteiger partial charge in [-0.2, -0.15) is 0 Å². The van der Waals surface area contributed by atoms with Crippen LogP contribution in [-0.4, -0.2) is 26.2 Å². The average molecular weight is 371 g/mol. The van der Waals surface area contributed by atoms with Crippen LogP contribution < -0.4 is 14.8 Å². The Hall–Kier alpha value is -3.53. The van der Waals surface area contributed by atoms with Crippen molar-refractivity contribution in [2.24, 2.45) is 0 Å². The van der Waals surface area contributed by atoms with Gasteiger partial charge in [-0.25, -0.2) is 0 Å². The van der Waals surface area contributed by atoms with E-state index in [2.05, 4.69) is 17.4 Å². The third-order valence-corrected chi connectivity index (χ3v) is 4.71. The minimum Gasteiger partial charge on any atom is -0.496 e. The summed E-state index contributed by atoms with van der Waals surface area (Å²) in [5.41, 5.74) is 0.520. The van der Waals surface area contributed by atoms with Crippen LogP contribution in [-0.2, 0) is 0 Å². The van der Waals surface area contributed by atoms with Crippen LogP contribution in [0.1, 0.15) is 10.4 Å². The largest absolute Gasteiger partial charge is 0.496 e. The van der Waals surface area contributed by atoms with Crippen molar-refractivity contribution in [1.82, 2.24) is 5.32 Å². The van der Waals surface area contributed by atoms with Crippen LogP contribution in [0.3, 0.4) is 0 Å². The molecule has 140 valence electrons. The van der Waals surface area contributed by atoms with Crippen molar-refractivity contribution >= 4 is 27.5 Å². The molecule has 1 amide bonds. The maximum absolute atomic E-state index is 12.6. The van der Waals surface area contributed by atoms with E-state index in [9.17, 15) is 4.79 Å². The first kappa shape index (κ1) is 17.9. The molecule has 0 unspecified atom stereocenters. The number of nitrogens with one attached hydrogen (secondary N) is 1. The van der Waals surface area contributed by atoms with Crippen LogP contribution in [0.2, 0.25) is 0 Å². The summed E-state index contributed by atoms with van der Waals surface area (Å²) in [5, 5.41) is 7.14. The summed E-state index contributed by atoms with van der Waals surface area (Å²) >= 11 is 0. The molecule has 4 nitrogen and oxygen atoms in total. The number of fused-ring (bicyclic) bond motifs is 2. The first-order valence-corrected chi connectivity index (χ1v) is 9.22. The van der Waals surface area contributed by atoms with Gasteiger partial charge in [0.15, 0.2) is 0 Å². The Morgan fingerprint density at radius 1 is 0.821 bits per heavy atom. The number of carbonyl (C=O) groups is 1. The van der Waals surface area contributed by atoms with Gasteiger partial charge in [-0.3, -0.25) is 4.79 Å². The lowest BCUT2D eigenvalue weighted by Crippen LogP contribution is -2.28. The lowest BCUT2D eigenvalue weighted by Gasteiger charge is -2.12. The molecule has 1 N–H and O–H groups in total. The van der Waals surface area contributed by atoms with E-state index in [1.165, 1.54) is 0 Å². The van der Waals surface area contributed by atoms with E-state index in [0.717, 1.165) is 27.3 Å². The van der Waals surface area contributed by atoms with Crippen molar-refractivity contribution in [3.63, 3.8) is 0 Å². The topological polar surface area (TPSA) is 47.6 Å². The van der Waals surface area contributed by atoms with Gasteiger partial charge in [-0.1, -0.05) is 60.7 Å². The minimum absolute atomic E-state index is 0.177. The summed E-state index contributed by atoms with van der Waals surface area (Å²) in [6.45, 7) is 0.785. The molecule has 0 aromatic heterocycles. The molecule has 0 spiro atoms. The predicted octanol–water partition coefficient (Wildman–Crippen LogP) is 4.81. The maximum atomic E-state index is 12.6. The number of ether oxygens (including phenoxy) is 2. The predicted molar refractivity (Wildman–Crippen MR) is 112 cm³/mol. The quantitative estimate of drug-likeness (QED) is 0.495. The highest BCUT2D eigenvalue weighted by atomic mass is 16.5. The Balaban J connectivity index is 1.42. The molecule has 0 aliphatic rings. The van der Waals surface area contributed by atoms with E-state index in [-0.39, 0.29) is 5.91 Å². The molecule has 4 heteroatoms. The Labute approximate surface area is 163 Å². The average Bonchev–Trinajstić information content (AvgIpc) is 2.75. The molecule has 0 aliphatic carbocycles. The van der Waals surface area contributed by atoms with Gasteiger partial charge in [0.05, 0.1) is 19.2 Å².